The summed E-state index contributed by atoms with van der Waals surface area (Å²) < 4.78 is 4.76. The number of nitrogens with one attached hydrogen (secondary N) is 1. The molecule has 0 spiro atoms. The van der Waals surface area contributed by atoms with Crippen LogP contribution < -0.4 is 11.1 Å². The second-order valence-electron chi connectivity index (χ2n) is 5.51. The zero-order chi connectivity index (χ0) is 17.4. The topological polar surface area (TPSA) is 84.7 Å². The minimum Gasteiger partial charge on any atom is -0.465 e. The molecular weight excluding hydrogens is 306 g/mol. The highest BCUT2D eigenvalue weighted by molar-refractivity contribution is 5.98. The van der Waals surface area contributed by atoms with Crippen LogP contribution in [-0.2, 0) is 4.74 Å². The standard InChI is InChI=1S/C18H23N3O3/c1-24-18(23)16-7-6-15(13-14(16)5-2-8-19)17(22)21-11-3-9-20-10-4-12-21/h6-7,13,20H,3-4,8-12,19H2,1H3. The predicted octanol–water partition coefficient (Wildman–Crippen LogP) is 0.609. The van der Waals surface area contributed by atoms with Crippen LogP contribution in [0.4, 0.5) is 0 Å². The third-order valence-electron chi connectivity index (χ3n) is 3.85. The fourth-order valence-corrected chi connectivity index (χ4v) is 2.63. The molecule has 1 fully saturated rings. The zero-order valence-electron chi connectivity index (χ0n) is 13.9. The van der Waals surface area contributed by atoms with Gasteiger partial charge in [0.25, 0.3) is 5.91 Å². The van der Waals surface area contributed by atoms with Gasteiger partial charge in [0.15, 0.2) is 0 Å². The molecule has 1 saturated heterocycles. The maximum Gasteiger partial charge on any atom is 0.339 e. The first kappa shape index (κ1) is 18.0. The molecule has 1 aromatic rings. The molecule has 6 heteroatoms. The number of amides is 1. The van der Waals surface area contributed by atoms with Gasteiger partial charge in [0.1, 0.15) is 0 Å². The molecule has 3 N–H and O–H groups in total. The lowest BCUT2D eigenvalue weighted by atomic mass is 10.0. The Kier molecular flexibility index (Phi) is 6.79. The number of hydrogen-bond donors (Lipinski definition) is 2. The third-order valence-corrected chi connectivity index (χ3v) is 3.85. The lowest BCUT2D eigenvalue weighted by Gasteiger charge is -2.25. The minimum absolute atomic E-state index is 0.0379. The lowest BCUT2D eigenvalue weighted by Crippen LogP contribution is -2.38. The van der Waals surface area contributed by atoms with Gasteiger partial charge in [0.05, 0.1) is 19.2 Å². The lowest BCUT2D eigenvalue weighted by molar-refractivity contribution is 0.0599. The van der Waals surface area contributed by atoms with Crippen molar-refractivity contribution in [2.75, 3.05) is 39.8 Å². The molecule has 1 aliphatic rings. The molecule has 6 nitrogen and oxygen atoms in total. The van der Waals surface area contributed by atoms with Crippen molar-refractivity contribution in [3.8, 4) is 11.8 Å². The Hall–Kier alpha value is -2.36. The Bertz CT molecular complexity index is 653. The van der Waals surface area contributed by atoms with E-state index in [9.17, 15) is 9.59 Å². The summed E-state index contributed by atoms with van der Waals surface area (Å²) in [5, 5.41) is 3.33. The highest BCUT2D eigenvalue weighted by atomic mass is 16.5. The predicted molar refractivity (Wildman–Crippen MR) is 91.7 cm³/mol. The number of ether oxygens (including phenoxy) is 1. The van der Waals surface area contributed by atoms with Gasteiger partial charge in [0.2, 0.25) is 0 Å². The van der Waals surface area contributed by atoms with Gasteiger partial charge in [-0.2, -0.15) is 0 Å². The van der Waals surface area contributed by atoms with Crippen molar-refractivity contribution in [3.05, 3.63) is 34.9 Å². The van der Waals surface area contributed by atoms with E-state index in [1.165, 1.54) is 7.11 Å². The molecule has 24 heavy (non-hydrogen) atoms. The Labute approximate surface area is 142 Å². The van der Waals surface area contributed by atoms with E-state index < -0.39 is 5.97 Å². The Morgan fingerprint density at radius 3 is 2.62 bits per heavy atom. The van der Waals surface area contributed by atoms with Gasteiger partial charge in [0, 0.05) is 24.2 Å². The highest BCUT2D eigenvalue weighted by Gasteiger charge is 2.19. The van der Waals surface area contributed by atoms with E-state index >= 15 is 0 Å². The summed E-state index contributed by atoms with van der Waals surface area (Å²) in [7, 11) is 1.32. The van der Waals surface area contributed by atoms with Gasteiger partial charge in [-0.15, -0.1) is 0 Å². The van der Waals surface area contributed by atoms with E-state index in [4.69, 9.17) is 10.5 Å². The number of hydrogen-bond acceptors (Lipinski definition) is 5. The van der Waals surface area contributed by atoms with E-state index in [2.05, 4.69) is 17.2 Å². The first-order valence-corrected chi connectivity index (χ1v) is 8.08. The van der Waals surface area contributed by atoms with E-state index in [1.54, 1.807) is 18.2 Å². The molecule has 1 amide bonds. The maximum absolute atomic E-state index is 12.8. The van der Waals surface area contributed by atoms with Gasteiger partial charge >= 0.3 is 5.97 Å². The van der Waals surface area contributed by atoms with Crippen LogP contribution in [0, 0.1) is 11.8 Å². The summed E-state index contributed by atoms with van der Waals surface area (Å²) in [5.41, 5.74) is 6.74. The summed E-state index contributed by atoms with van der Waals surface area (Å²) in [4.78, 5) is 26.5. The number of benzene rings is 1. The van der Waals surface area contributed by atoms with Crippen LogP contribution in [0.5, 0.6) is 0 Å². The van der Waals surface area contributed by atoms with Gasteiger partial charge in [-0.05, 0) is 44.1 Å². The van der Waals surface area contributed by atoms with Crippen LogP contribution in [0.2, 0.25) is 0 Å². The van der Waals surface area contributed by atoms with Crippen LogP contribution >= 0.6 is 0 Å². The van der Waals surface area contributed by atoms with Crippen molar-refractivity contribution in [3.63, 3.8) is 0 Å². The molecule has 0 unspecified atom stereocenters. The van der Waals surface area contributed by atoms with Crippen LogP contribution in [0.3, 0.4) is 0 Å². The average Bonchev–Trinajstić information content (AvgIpc) is 2.58. The second kappa shape index (κ2) is 9.06. The number of nitrogens with two attached hydrogens (primary N) is 1. The summed E-state index contributed by atoms with van der Waals surface area (Å²) in [6, 6.07) is 4.89. The maximum atomic E-state index is 12.8. The smallest absolute Gasteiger partial charge is 0.339 e. The first-order valence-electron chi connectivity index (χ1n) is 8.08. The second-order valence-corrected chi connectivity index (χ2v) is 5.51. The van der Waals surface area contributed by atoms with Crippen molar-refractivity contribution >= 4 is 11.9 Å². The fourth-order valence-electron chi connectivity index (χ4n) is 2.63. The van der Waals surface area contributed by atoms with Gasteiger partial charge in [-0.25, -0.2) is 4.79 Å². The van der Waals surface area contributed by atoms with Crippen LogP contribution in [0.15, 0.2) is 18.2 Å². The van der Waals surface area contributed by atoms with Crippen LogP contribution in [0.25, 0.3) is 0 Å². The molecule has 0 atom stereocenters. The van der Waals surface area contributed by atoms with E-state index in [0.29, 0.717) is 29.8 Å². The minimum atomic E-state index is -0.479. The van der Waals surface area contributed by atoms with Crippen molar-refractivity contribution < 1.29 is 14.3 Å². The monoisotopic (exact) mass is 329 g/mol. The van der Waals surface area contributed by atoms with Crippen LogP contribution in [0.1, 0.15) is 39.1 Å². The van der Waals surface area contributed by atoms with Gasteiger partial charge in [-0.3, -0.25) is 4.79 Å². The SMILES string of the molecule is COC(=O)c1ccc(C(=O)N2CCCNCCC2)cc1C#CCN. The molecule has 0 bridgehead atoms. The van der Waals surface area contributed by atoms with Gasteiger partial charge in [-0.1, -0.05) is 11.8 Å². The number of rotatable bonds is 2. The quantitative estimate of drug-likeness (QED) is 0.613. The van der Waals surface area contributed by atoms with Gasteiger partial charge < -0.3 is 20.7 Å². The molecule has 128 valence electrons. The molecule has 1 heterocycles. The average molecular weight is 329 g/mol. The first-order chi connectivity index (χ1) is 11.7. The Morgan fingerprint density at radius 1 is 1.29 bits per heavy atom. The summed E-state index contributed by atoms with van der Waals surface area (Å²) in [6.07, 6.45) is 1.84. The van der Waals surface area contributed by atoms with Crippen molar-refractivity contribution in [1.29, 1.82) is 0 Å². The summed E-state index contributed by atoms with van der Waals surface area (Å²) >= 11 is 0. The number of nitrogens with zero attached hydrogens (tertiary/aromatic N) is 1. The van der Waals surface area contributed by atoms with Crippen molar-refractivity contribution in [1.82, 2.24) is 10.2 Å². The molecule has 0 radical (unpaired) electrons. The largest absolute Gasteiger partial charge is 0.465 e. The molecule has 0 aliphatic carbocycles. The Balaban J connectivity index is 2.28. The van der Waals surface area contributed by atoms with Crippen molar-refractivity contribution in [2.24, 2.45) is 5.73 Å². The number of methoxy groups -OCH3 is 1. The highest BCUT2D eigenvalue weighted by Crippen LogP contribution is 2.15. The molecule has 1 aromatic carbocycles. The fraction of sp³-hybridized carbons (Fsp3) is 0.444. The molecule has 1 aliphatic heterocycles. The number of carbonyl (C=O) groups excluding carboxylic acids is 2. The molecular formula is C18H23N3O3. The van der Waals surface area contributed by atoms with Crippen molar-refractivity contribution in [2.45, 2.75) is 12.8 Å². The normalized spacial score (nSPS) is 14.8. The molecule has 2 rings (SSSR count). The number of carbonyl (C=O) groups is 2. The zero-order valence-corrected chi connectivity index (χ0v) is 13.9. The Morgan fingerprint density at radius 2 is 2.00 bits per heavy atom. The number of esters is 1. The summed E-state index contributed by atoms with van der Waals surface area (Å²) in [6.45, 7) is 3.44. The molecule has 0 aromatic heterocycles. The van der Waals surface area contributed by atoms with E-state index in [-0.39, 0.29) is 12.5 Å². The van der Waals surface area contributed by atoms with E-state index in [0.717, 1.165) is 25.9 Å². The third kappa shape index (κ3) is 4.57. The molecule has 0 saturated carbocycles. The summed E-state index contributed by atoms with van der Waals surface area (Å²) in [5.74, 6) is 5.06. The van der Waals surface area contributed by atoms with E-state index in [1.807, 2.05) is 4.90 Å². The van der Waals surface area contributed by atoms with Crippen LogP contribution in [-0.4, -0.2) is 56.6 Å².